The highest BCUT2D eigenvalue weighted by Crippen LogP contribution is 2.72. The summed E-state index contributed by atoms with van der Waals surface area (Å²) in [5.41, 5.74) is 0.742. The Kier molecular flexibility index (Phi) is 9.77. The van der Waals surface area contributed by atoms with Crippen LogP contribution in [0, 0.1) is 45.8 Å². The monoisotopic (exact) mass is 684 g/mol. The second kappa shape index (κ2) is 12.0. The summed E-state index contributed by atoms with van der Waals surface area (Å²) in [6.45, 7) is 17.1. The van der Waals surface area contributed by atoms with Gasteiger partial charge in [-0.3, -0.25) is 13.7 Å². The van der Waals surface area contributed by atoms with Crippen molar-refractivity contribution < 1.29 is 51.5 Å². The van der Waals surface area contributed by atoms with Gasteiger partial charge in [0.15, 0.2) is 0 Å². The standard InChI is InChI=1S/C29H48O12S3/c1-17(2)18(3)8-9-19(4)20-10-12-29(7)22-14-24(39-42(30,31)32)23-15-25(40-43(33,34)35)26(41-44(36,37)38)16-27(23,5)21(22)11-13-28(20,29)6/h11,17,19-20,22-26H,3,8-10,12-16H2,1-2,4-7H3,(H,30,31,32)(H,33,34,35)(H,36,37,38)/t19-,20-,22?,23-,24+,25+,26+,27-,28-,29+/m1/s1. The summed E-state index contributed by atoms with van der Waals surface area (Å²) in [6, 6.07) is 0. The highest BCUT2D eigenvalue weighted by Gasteiger charge is 2.66. The van der Waals surface area contributed by atoms with Gasteiger partial charge in [0, 0.05) is 0 Å². The summed E-state index contributed by atoms with van der Waals surface area (Å²) in [5.74, 6) is 0.221. The van der Waals surface area contributed by atoms with Crippen LogP contribution >= 0.6 is 0 Å². The van der Waals surface area contributed by atoms with Crippen LogP contribution in [0.4, 0.5) is 0 Å². The first-order chi connectivity index (χ1) is 19.9. The SMILES string of the molecule is C=C(CC[C@@H](C)[C@H]1CC[C@@]2(C)C3C[C@H](OS(=O)(=O)O)[C@H]4C[C@H](OS(=O)(=O)O)[C@@H](OS(=O)(=O)O)C[C@]4(C)C3=CC[C@]12C)C(C)C. The normalized spacial score (nSPS) is 40.1. The summed E-state index contributed by atoms with van der Waals surface area (Å²) in [6.07, 6.45) is 2.20. The fraction of sp³-hybridized carbons (Fsp3) is 0.862. The molecule has 4 rings (SSSR count). The lowest BCUT2D eigenvalue weighted by molar-refractivity contribution is -0.122. The maximum Gasteiger partial charge on any atom is 0.397 e. The Morgan fingerprint density at radius 2 is 1.43 bits per heavy atom. The molecule has 0 aromatic rings. The second-order valence-corrected chi connectivity index (χ2v) is 17.8. The van der Waals surface area contributed by atoms with Crippen molar-refractivity contribution in [3.63, 3.8) is 0 Å². The van der Waals surface area contributed by atoms with Crippen LogP contribution in [0.2, 0.25) is 0 Å². The maximum atomic E-state index is 12.1. The van der Waals surface area contributed by atoms with E-state index in [1.165, 1.54) is 5.57 Å². The van der Waals surface area contributed by atoms with E-state index >= 15 is 0 Å². The molecule has 10 atom stereocenters. The number of rotatable bonds is 11. The molecule has 254 valence electrons. The first kappa shape index (κ1) is 35.9. The summed E-state index contributed by atoms with van der Waals surface area (Å²) in [4.78, 5) is 0. The van der Waals surface area contributed by atoms with Gasteiger partial charge in [0.2, 0.25) is 0 Å². The third-order valence-electron chi connectivity index (χ3n) is 12.1. The van der Waals surface area contributed by atoms with Gasteiger partial charge in [-0.2, -0.15) is 25.3 Å². The molecule has 0 amide bonds. The van der Waals surface area contributed by atoms with E-state index in [1.807, 2.05) is 6.92 Å². The van der Waals surface area contributed by atoms with Crippen molar-refractivity contribution in [3.05, 3.63) is 23.8 Å². The molecule has 3 saturated carbocycles. The van der Waals surface area contributed by atoms with Crippen molar-refractivity contribution in [1.29, 1.82) is 0 Å². The van der Waals surface area contributed by atoms with Crippen molar-refractivity contribution in [2.45, 2.75) is 111 Å². The maximum absolute atomic E-state index is 12.1. The Morgan fingerprint density at radius 1 is 0.886 bits per heavy atom. The third-order valence-corrected chi connectivity index (χ3v) is 13.5. The van der Waals surface area contributed by atoms with E-state index < -0.39 is 60.8 Å². The molecule has 12 nitrogen and oxygen atoms in total. The minimum atomic E-state index is -5.09. The zero-order chi connectivity index (χ0) is 33.3. The van der Waals surface area contributed by atoms with Crippen molar-refractivity contribution >= 4 is 31.2 Å². The molecule has 44 heavy (non-hydrogen) atoms. The Hall–Kier alpha value is -0.910. The highest BCUT2D eigenvalue weighted by molar-refractivity contribution is 7.81. The fourth-order valence-electron chi connectivity index (χ4n) is 9.51. The van der Waals surface area contributed by atoms with E-state index in [-0.39, 0.29) is 36.0 Å². The molecule has 0 bridgehead atoms. The molecule has 0 aromatic heterocycles. The zero-order valence-corrected chi connectivity index (χ0v) is 28.8. The second-order valence-electron chi connectivity index (χ2n) is 14.6. The van der Waals surface area contributed by atoms with Crippen LogP contribution in [0.15, 0.2) is 23.8 Å². The van der Waals surface area contributed by atoms with Crippen molar-refractivity contribution in [2.75, 3.05) is 0 Å². The number of allylic oxidation sites excluding steroid dienone is 3. The van der Waals surface area contributed by atoms with Crippen LogP contribution < -0.4 is 0 Å². The minimum Gasteiger partial charge on any atom is -0.264 e. The summed E-state index contributed by atoms with van der Waals surface area (Å²) in [5, 5.41) is 0. The Bertz CT molecular complexity index is 1490. The zero-order valence-electron chi connectivity index (χ0n) is 26.3. The molecular weight excluding hydrogens is 637 g/mol. The summed E-state index contributed by atoms with van der Waals surface area (Å²) < 4.78 is 115. The lowest BCUT2D eigenvalue weighted by Gasteiger charge is -2.63. The average molecular weight is 685 g/mol. The molecule has 0 saturated heterocycles. The van der Waals surface area contributed by atoms with E-state index in [9.17, 15) is 38.9 Å². The summed E-state index contributed by atoms with van der Waals surface area (Å²) >= 11 is 0. The first-order valence-corrected chi connectivity index (χ1v) is 19.3. The van der Waals surface area contributed by atoms with Crippen LogP contribution in [-0.2, 0) is 43.7 Å². The van der Waals surface area contributed by atoms with Gasteiger partial charge < -0.3 is 0 Å². The van der Waals surface area contributed by atoms with E-state index in [4.69, 9.17) is 12.5 Å². The minimum absolute atomic E-state index is 0.152. The molecule has 3 fully saturated rings. The van der Waals surface area contributed by atoms with Crippen LogP contribution in [0.3, 0.4) is 0 Å². The van der Waals surface area contributed by atoms with E-state index in [1.54, 1.807) is 0 Å². The molecular formula is C29H48O12S3. The Balaban J connectivity index is 1.76. The molecule has 0 radical (unpaired) electrons. The highest BCUT2D eigenvalue weighted by atomic mass is 32.3. The molecule has 0 spiro atoms. The van der Waals surface area contributed by atoms with Crippen molar-refractivity contribution in [3.8, 4) is 0 Å². The van der Waals surface area contributed by atoms with E-state index in [0.29, 0.717) is 17.8 Å². The smallest absolute Gasteiger partial charge is 0.264 e. The molecule has 4 aliphatic carbocycles. The third kappa shape index (κ3) is 7.01. The Morgan fingerprint density at radius 3 is 1.98 bits per heavy atom. The van der Waals surface area contributed by atoms with Gasteiger partial charge in [-0.1, -0.05) is 65.3 Å². The Labute approximate surface area is 262 Å². The molecule has 1 unspecified atom stereocenters. The average Bonchev–Trinajstić information content (AvgIpc) is 3.12. The largest absolute Gasteiger partial charge is 0.397 e. The quantitative estimate of drug-likeness (QED) is 0.187. The summed E-state index contributed by atoms with van der Waals surface area (Å²) in [7, 11) is -15.1. The van der Waals surface area contributed by atoms with Gasteiger partial charge in [0.1, 0.15) is 12.2 Å². The lowest BCUT2D eigenvalue weighted by Crippen LogP contribution is -2.60. The lowest BCUT2D eigenvalue weighted by atomic mass is 9.43. The van der Waals surface area contributed by atoms with Crippen LogP contribution in [0.5, 0.6) is 0 Å². The molecule has 15 heteroatoms. The molecule has 4 aliphatic rings. The molecule has 0 heterocycles. The van der Waals surface area contributed by atoms with Gasteiger partial charge in [-0.05, 0) is 97.2 Å². The van der Waals surface area contributed by atoms with Crippen LogP contribution in [-0.4, -0.2) is 57.2 Å². The number of hydrogen-bond donors (Lipinski definition) is 3. The van der Waals surface area contributed by atoms with Gasteiger partial charge in [-0.15, -0.1) is 0 Å². The number of hydrogen-bond acceptors (Lipinski definition) is 9. The molecule has 3 N–H and O–H groups in total. The van der Waals surface area contributed by atoms with Crippen LogP contribution in [0.1, 0.15) is 92.9 Å². The van der Waals surface area contributed by atoms with Gasteiger partial charge in [-0.25, -0.2) is 12.5 Å². The fourth-order valence-corrected chi connectivity index (χ4v) is 11.1. The van der Waals surface area contributed by atoms with Crippen molar-refractivity contribution in [2.24, 2.45) is 45.8 Å². The van der Waals surface area contributed by atoms with Crippen LogP contribution in [0.25, 0.3) is 0 Å². The first-order valence-electron chi connectivity index (χ1n) is 15.3. The van der Waals surface area contributed by atoms with Crippen molar-refractivity contribution in [1.82, 2.24) is 0 Å². The molecule has 0 aromatic carbocycles. The number of fused-ring (bicyclic) bond motifs is 5. The van der Waals surface area contributed by atoms with Gasteiger partial charge in [0.05, 0.1) is 6.10 Å². The predicted molar refractivity (Wildman–Crippen MR) is 162 cm³/mol. The topological polar surface area (TPSA) is 191 Å². The van der Waals surface area contributed by atoms with E-state index in [2.05, 4.69) is 47.3 Å². The van der Waals surface area contributed by atoms with Gasteiger partial charge in [0.25, 0.3) is 0 Å². The molecule has 0 aliphatic heterocycles. The van der Waals surface area contributed by atoms with E-state index in [0.717, 1.165) is 37.7 Å². The predicted octanol–water partition coefficient (Wildman–Crippen LogP) is 5.37. The van der Waals surface area contributed by atoms with Gasteiger partial charge >= 0.3 is 31.2 Å².